The van der Waals surface area contributed by atoms with Gasteiger partial charge in [-0.15, -0.1) is 0 Å². The minimum Gasteiger partial charge on any atom is -0.494 e. The molecule has 0 atom stereocenters. The summed E-state index contributed by atoms with van der Waals surface area (Å²) in [5, 5.41) is 4.81. The zero-order chi connectivity index (χ0) is 20.5. The number of carbonyl (C=O) groups excluding carboxylic acids is 2. The topological polar surface area (TPSA) is 123 Å². The number of hydrogen-bond donors (Lipinski definition) is 3. The summed E-state index contributed by atoms with van der Waals surface area (Å²) in [4.78, 5) is 23.2. The average Bonchev–Trinajstić information content (AvgIpc) is 2.56. The SMILES string of the molecule is CCOc1ccc(S(=O)(=O)NCCNC(=O)CNC(=O)OC(C)(C)C)cc1. The number of carbonyl (C=O) groups is 2. The molecule has 0 unspecified atom stereocenters. The lowest BCUT2D eigenvalue weighted by Crippen LogP contribution is -2.41. The second-order valence-electron chi connectivity index (χ2n) is 6.51. The van der Waals surface area contributed by atoms with Gasteiger partial charge in [0, 0.05) is 13.1 Å². The van der Waals surface area contributed by atoms with E-state index in [-0.39, 0.29) is 24.5 Å². The van der Waals surface area contributed by atoms with Crippen molar-refractivity contribution in [2.24, 2.45) is 0 Å². The highest BCUT2D eigenvalue weighted by Gasteiger charge is 2.17. The zero-order valence-electron chi connectivity index (χ0n) is 16.0. The first-order chi connectivity index (χ1) is 12.5. The second-order valence-corrected chi connectivity index (χ2v) is 8.27. The lowest BCUT2D eigenvalue weighted by molar-refractivity contribution is -0.120. The van der Waals surface area contributed by atoms with Crippen LogP contribution >= 0.6 is 0 Å². The molecule has 0 spiro atoms. The van der Waals surface area contributed by atoms with E-state index in [0.29, 0.717) is 12.4 Å². The Labute approximate surface area is 159 Å². The normalized spacial score (nSPS) is 11.6. The van der Waals surface area contributed by atoms with E-state index in [2.05, 4.69) is 15.4 Å². The van der Waals surface area contributed by atoms with Gasteiger partial charge in [-0.2, -0.15) is 0 Å². The highest BCUT2D eigenvalue weighted by atomic mass is 32.2. The third kappa shape index (κ3) is 9.25. The van der Waals surface area contributed by atoms with Crippen LogP contribution in [0.5, 0.6) is 5.75 Å². The number of benzene rings is 1. The number of hydrogen-bond acceptors (Lipinski definition) is 6. The quantitative estimate of drug-likeness (QED) is 0.531. The van der Waals surface area contributed by atoms with Crippen LogP contribution in [0, 0.1) is 0 Å². The van der Waals surface area contributed by atoms with E-state index in [1.807, 2.05) is 6.92 Å². The summed E-state index contributed by atoms with van der Waals surface area (Å²) in [5.74, 6) is 0.127. The molecule has 0 aliphatic heterocycles. The van der Waals surface area contributed by atoms with E-state index >= 15 is 0 Å². The van der Waals surface area contributed by atoms with Crippen LogP contribution in [0.1, 0.15) is 27.7 Å². The monoisotopic (exact) mass is 401 g/mol. The number of rotatable bonds is 9. The fourth-order valence-corrected chi connectivity index (χ4v) is 2.91. The van der Waals surface area contributed by atoms with Gasteiger partial charge in [0.2, 0.25) is 15.9 Å². The minimum absolute atomic E-state index is 0.00766. The molecule has 0 bridgehead atoms. The molecule has 1 rings (SSSR count). The van der Waals surface area contributed by atoms with Gasteiger partial charge in [0.1, 0.15) is 11.4 Å². The molecule has 0 aliphatic rings. The van der Waals surface area contributed by atoms with E-state index in [0.717, 1.165) is 0 Å². The van der Waals surface area contributed by atoms with Crippen molar-refractivity contribution in [2.75, 3.05) is 26.2 Å². The first-order valence-corrected chi connectivity index (χ1v) is 9.98. The van der Waals surface area contributed by atoms with Crippen molar-refractivity contribution in [1.82, 2.24) is 15.4 Å². The summed E-state index contributed by atoms with van der Waals surface area (Å²) in [6.07, 6.45) is -0.700. The molecule has 0 fully saturated rings. The molecule has 152 valence electrons. The Bertz CT molecular complexity index is 726. The van der Waals surface area contributed by atoms with Crippen LogP contribution in [-0.2, 0) is 19.6 Å². The molecule has 10 heteroatoms. The summed E-state index contributed by atoms with van der Waals surface area (Å²) in [6, 6.07) is 6.03. The van der Waals surface area contributed by atoms with Gasteiger partial charge in [0.05, 0.1) is 18.0 Å². The fourth-order valence-electron chi connectivity index (χ4n) is 1.88. The van der Waals surface area contributed by atoms with E-state index in [1.165, 1.54) is 12.1 Å². The molecule has 1 aromatic carbocycles. The molecule has 1 aromatic rings. The molecule has 0 aromatic heterocycles. The zero-order valence-corrected chi connectivity index (χ0v) is 16.8. The standard InChI is InChI=1S/C17H27N3O6S/c1-5-25-13-6-8-14(9-7-13)27(23,24)20-11-10-18-15(21)12-19-16(22)26-17(2,3)4/h6-9,20H,5,10-12H2,1-4H3,(H,18,21)(H,19,22). The van der Waals surface area contributed by atoms with E-state index in [1.54, 1.807) is 32.9 Å². The molecular weight excluding hydrogens is 374 g/mol. The maximum Gasteiger partial charge on any atom is 0.408 e. The van der Waals surface area contributed by atoms with Crippen LogP contribution in [-0.4, -0.2) is 52.3 Å². The van der Waals surface area contributed by atoms with E-state index in [4.69, 9.17) is 9.47 Å². The first-order valence-electron chi connectivity index (χ1n) is 8.49. The highest BCUT2D eigenvalue weighted by molar-refractivity contribution is 7.89. The van der Waals surface area contributed by atoms with E-state index < -0.39 is 27.6 Å². The molecule has 3 N–H and O–H groups in total. The maximum absolute atomic E-state index is 12.2. The molecule has 0 saturated heterocycles. The predicted molar refractivity (Wildman–Crippen MR) is 100 cm³/mol. The van der Waals surface area contributed by atoms with Crippen LogP contribution in [0.15, 0.2) is 29.2 Å². The summed E-state index contributed by atoms with van der Waals surface area (Å²) in [7, 11) is -3.68. The second kappa shape index (κ2) is 10.1. The maximum atomic E-state index is 12.2. The Morgan fingerprint density at radius 3 is 2.22 bits per heavy atom. The van der Waals surface area contributed by atoms with Gasteiger partial charge in [-0.05, 0) is 52.0 Å². The molecular formula is C17H27N3O6S. The van der Waals surface area contributed by atoms with Crippen LogP contribution in [0.4, 0.5) is 4.79 Å². The summed E-state index contributed by atoms with van der Waals surface area (Å²) < 4.78 is 37.0. The lowest BCUT2D eigenvalue weighted by atomic mass is 10.2. The smallest absolute Gasteiger partial charge is 0.408 e. The molecule has 2 amide bonds. The van der Waals surface area contributed by atoms with Gasteiger partial charge in [-0.3, -0.25) is 4.79 Å². The first kappa shape index (κ1) is 22.7. The van der Waals surface area contributed by atoms with Crippen molar-refractivity contribution in [3.63, 3.8) is 0 Å². The largest absolute Gasteiger partial charge is 0.494 e. The number of alkyl carbamates (subject to hydrolysis) is 1. The Balaban J connectivity index is 2.33. The van der Waals surface area contributed by atoms with Crippen molar-refractivity contribution in [2.45, 2.75) is 38.2 Å². The average molecular weight is 401 g/mol. The van der Waals surface area contributed by atoms with Crippen molar-refractivity contribution < 1.29 is 27.5 Å². The van der Waals surface area contributed by atoms with Crippen molar-refractivity contribution in [3.05, 3.63) is 24.3 Å². The third-order valence-electron chi connectivity index (χ3n) is 2.98. The summed E-state index contributed by atoms with van der Waals surface area (Å²) in [5.41, 5.74) is -0.653. The van der Waals surface area contributed by atoms with Gasteiger partial charge < -0.3 is 20.1 Å². The summed E-state index contributed by atoms with van der Waals surface area (Å²) in [6.45, 7) is 7.28. The van der Waals surface area contributed by atoms with Crippen LogP contribution < -0.4 is 20.1 Å². The highest BCUT2D eigenvalue weighted by Crippen LogP contribution is 2.15. The lowest BCUT2D eigenvalue weighted by Gasteiger charge is -2.19. The number of nitrogens with one attached hydrogen (secondary N) is 3. The molecule has 0 radical (unpaired) electrons. The Kier molecular flexibility index (Phi) is 8.51. The number of amides is 2. The molecule has 0 saturated carbocycles. The van der Waals surface area contributed by atoms with Crippen LogP contribution in [0.25, 0.3) is 0 Å². The molecule has 0 heterocycles. The van der Waals surface area contributed by atoms with Gasteiger partial charge in [-0.1, -0.05) is 0 Å². The fraction of sp³-hybridized carbons (Fsp3) is 0.529. The molecule has 0 aliphatic carbocycles. The van der Waals surface area contributed by atoms with Crippen molar-refractivity contribution in [1.29, 1.82) is 0 Å². The van der Waals surface area contributed by atoms with Crippen LogP contribution in [0.3, 0.4) is 0 Å². The van der Waals surface area contributed by atoms with Gasteiger partial charge in [0.25, 0.3) is 0 Å². The minimum atomic E-state index is -3.68. The Morgan fingerprint density at radius 1 is 1.04 bits per heavy atom. The van der Waals surface area contributed by atoms with Gasteiger partial charge in [-0.25, -0.2) is 17.9 Å². The van der Waals surface area contributed by atoms with Crippen molar-refractivity contribution >= 4 is 22.0 Å². The van der Waals surface area contributed by atoms with Gasteiger partial charge >= 0.3 is 6.09 Å². The molecule has 9 nitrogen and oxygen atoms in total. The Hall–Kier alpha value is -2.33. The van der Waals surface area contributed by atoms with Gasteiger partial charge in [0.15, 0.2) is 0 Å². The van der Waals surface area contributed by atoms with Crippen LogP contribution in [0.2, 0.25) is 0 Å². The Morgan fingerprint density at radius 2 is 1.67 bits per heavy atom. The van der Waals surface area contributed by atoms with Crippen molar-refractivity contribution in [3.8, 4) is 5.75 Å². The third-order valence-corrected chi connectivity index (χ3v) is 4.45. The predicted octanol–water partition coefficient (Wildman–Crippen LogP) is 1.00. The van der Waals surface area contributed by atoms with E-state index in [9.17, 15) is 18.0 Å². The summed E-state index contributed by atoms with van der Waals surface area (Å²) >= 11 is 0. The molecule has 27 heavy (non-hydrogen) atoms. The number of ether oxygens (including phenoxy) is 2. The number of sulfonamides is 1.